The van der Waals surface area contributed by atoms with E-state index in [-0.39, 0.29) is 17.7 Å². The highest BCUT2D eigenvalue weighted by Gasteiger charge is 2.23. The van der Waals surface area contributed by atoms with E-state index in [0.29, 0.717) is 6.61 Å². The van der Waals surface area contributed by atoms with Crippen molar-refractivity contribution in [2.24, 2.45) is 5.73 Å². The van der Waals surface area contributed by atoms with Gasteiger partial charge in [0.05, 0.1) is 12.7 Å². The molecule has 2 rings (SSSR count). The molecule has 0 radical (unpaired) electrons. The standard InChI is InChI=1S/C14H20F2N2O/c1-10(17)13-9-18(6-7-19-13)8-11-2-4-12(5-3-11)14(15)16/h2-5,10,13-14H,6-9,17H2,1H3. The van der Waals surface area contributed by atoms with Gasteiger partial charge < -0.3 is 10.5 Å². The molecule has 1 aromatic rings. The van der Waals surface area contributed by atoms with Crippen molar-refractivity contribution in [3.05, 3.63) is 35.4 Å². The Morgan fingerprint density at radius 2 is 2.05 bits per heavy atom. The molecule has 1 aliphatic rings. The first-order valence-electron chi connectivity index (χ1n) is 6.53. The summed E-state index contributed by atoms with van der Waals surface area (Å²) in [5.41, 5.74) is 6.95. The summed E-state index contributed by atoms with van der Waals surface area (Å²) in [6, 6.07) is 6.51. The summed E-state index contributed by atoms with van der Waals surface area (Å²) in [6.07, 6.45) is -2.35. The lowest BCUT2D eigenvalue weighted by Crippen LogP contribution is -2.49. The van der Waals surface area contributed by atoms with Crippen LogP contribution in [0.3, 0.4) is 0 Å². The van der Waals surface area contributed by atoms with E-state index in [2.05, 4.69) is 4.90 Å². The average molecular weight is 270 g/mol. The largest absolute Gasteiger partial charge is 0.374 e. The molecule has 1 saturated heterocycles. The topological polar surface area (TPSA) is 38.5 Å². The van der Waals surface area contributed by atoms with Gasteiger partial charge >= 0.3 is 0 Å². The Morgan fingerprint density at radius 1 is 1.37 bits per heavy atom. The molecule has 0 aromatic heterocycles. The predicted molar refractivity (Wildman–Crippen MR) is 70.1 cm³/mol. The van der Waals surface area contributed by atoms with Gasteiger partial charge in [-0.3, -0.25) is 4.90 Å². The zero-order chi connectivity index (χ0) is 13.8. The van der Waals surface area contributed by atoms with Crippen LogP contribution in [-0.2, 0) is 11.3 Å². The molecule has 0 amide bonds. The minimum atomic E-state index is -2.40. The number of hydrogen-bond donors (Lipinski definition) is 1. The maximum atomic E-state index is 12.5. The van der Waals surface area contributed by atoms with Gasteiger partial charge in [-0.2, -0.15) is 0 Å². The number of morpholine rings is 1. The molecular weight excluding hydrogens is 250 g/mol. The van der Waals surface area contributed by atoms with Crippen molar-refractivity contribution in [1.29, 1.82) is 0 Å². The van der Waals surface area contributed by atoms with Crippen molar-refractivity contribution in [2.45, 2.75) is 32.0 Å². The maximum Gasteiger partial charge on any atom is 0.263 e. The van der Waals surface area contributed by atoms with Crippen molar-refractivity contribution in [3.8, 4) is 0 Å². The molecule has 1 aliphatic heterocycles. The second-order valence-corrected chi connectivity index (χ2v) is 5.05. The van der Waals surface area contributed by atoms with Gasteiger partial charge in [-0.05, 0) is 12.5 Å². The number of nitrogens with zero attached hydrogens (tertiary/aromatic N) is 1. The molecule has 2 unspecified atom stereocenters. The van der Waals surface area contributed by atoms with Gasteiger partial charge in [-0.15, -0.1) is 0 Å². The molecule has 19 heavy (non-hydrogen) atoms. The third-order valence-corrected chi connectivity index (χ3v) is 3.40. The number of ether oxygens (including phenoxy) is 1. The minimum absolute atomic E-state index is 0.00371. The Kier molecular flexibility index (Phi) is 4.85. The smallest absolute Gasteiger partial charge is 0.263 e. The first-order valence-corrected chi connectivity index (χ1v) is 6.53. The van der Waals surface area contributed by atoms with E-state index in [1.165, 1.54) is 12.1 Å². The molecule has 2 N–H and O–H groups in total. The van der Waals surface area contributed by atoms with Gasteiger partial charge in [0.15, 0.2) is 0 Å². The van der Waals surface area contributed by atoms with Crippen molar-refractivity contribution in [3.63, 3.8) is 0 Å². The van der Waals surface area contributed by atoms with E-state index < -0.39 is 6.43 Å². The van der Waals surface area contributed by atoms with Crippen LogP contribution in [0.25, 0.3) is 0 Å². The fraction of sp³-hybridized carbons (Fsp3) is 0.571. The first kappa shape index (κ1) is 14.4. The lowest BCUT2D eigenvalue weighted by atomic mass is 10.1. The van der Waals surface area contributed by atoms with E-state index in [1.807, 2.05) is 6.92 Å². The number of halogens is 2. The van der Waals surface area contributed by atoms with E-state index in [4.69, 9.17) is 10.5 Å². The first-order chi connectivity index (χ1) is 9.06. The molecule has 1 aromatic carbocycles. The van der Waals surface area contributed by atoms with Crippen LogP contribution < -0.4 is 5.73 Å². The summed E-state index contributed by atoms with van der Waals surface area (Å²) in [5.74, 6) is 0. The number of benzene rings is 1. The quantitative estimate of drug-likeness (QED) is 0.911. The van der Waals surface area contributed by atoms with E-state index >= 15 is 0 Å². The summed E-state index contributed by atoms with van der Waals surface area (Å²) >= 11 is 0. The zero-order valence-corrected chi connectivity index (χ0v) is 11.1. The summed E-state index contributed by atoms with van der Waals surface area (Å²) in [4.78, 5) is 2.24. The predicted octanol–water partition coefficient (Wildman–Crippen LogP) is 2.17. The SMILES string of the molecule is CC(N)C1CN(Cc2ccc(C(F)F)cc2)CCO1. The van der Waals surface area contributed by atoms with Crippen LogP contribution >= 0.6 is 0 Å². The molecule has 1 heterocycles. The molecule has 2 atom stereocenters. The summed E-state index contributed by atoms with van der Waals surface area (Å²) in [5, 5.41) is 0. The molecule has 0 bridgehead atoms. The van der Waals surface area contributed by atoms with Crippen LogP contribution in [0.5, 0.6) is 0 Å². The molecule has 0 spiro atoms. The van der Waals surface area contributed by atoms with Crippen LogP contribution in [0.15, 0.2) is 24.3 Å². The molecular formula is C14H20F2N2O. The second kappa shape index (κ2) is 6.41. The zero-order valence-electron chi connectivity index (χ0n) is 11.1. The van der Waals surface area contributed by atoms with Crippen molar-refractivity contribution >= 4 is 0 Å². The number of hydrogen-bond acceptors (Lipinski definition) is 3. The van der Waals surface area contributed by atoms with Gasteiger partial charge in [0.1, 0.15) is 0 Å². The van der Waals surface area contributed by atoms with Gasteiger partial charge in [0.25, 0.3) is 6.43 Å². The Hall–Kier alpha value is -1.04. The van der Waals surface area contributed by atoms with Crippen molar-refractivity contribution in [2.75, 3.05) is 19.7 Å². The molecule has 106 valence electrons. The fourth-order valence-electron chi connectivity index (χ4n) is 2.22. The third kappa shape index (κ3) is 3.96. The van der Waals surface area contributed by atoms with Gasteiger partial charge in [0, 0.05) is 31.2 Å². The minimum Gasteiger partial charge on any atom is -0.374 e. The number of nitrogens with two attached hydrogens (primary N) is 1. The maximum absolute atomic E-state index is 12.5. The third-order valence-electron chi connectivity index (χ3n) is 3.40. The highest BCUT2D eigenvalue weighted by Crippen LogP contribution is 2.19. The molecule has 3 nitrogen and oxygen atoms in total. The molecule has 1 fully saturated rings. The summed E-state index contributed by atoms with van der Waals surface area (Å²) < 4.78 is 30.5. The van der Waals surface area contributed by atoms with Crippen LogP contribution in [0.1, 0.15) is 24.5 Å². The molecule has 5 heteroatoms. The second-order valence-electron chi connectivity index (χ2n) is 5.05. The van der Waals surface area contributed by atoms with Crippen LogP contribution in [0.2, 0.25) is 0 Å². The van der Waals surface area contributed by atoms with Crippen LogP contribution in [0.4, 0.5) is 8.78 Å². The highest BCUT2D eigenvalue weighted by atomic mass is 19.3. The Morgan fingerprint density at radius 3 is 2.63 bits per heavy atom. The highest BCUT2D eigenvalue weighted by molar-refractivity contribution is 5.23. The van der Waals surface area contributed by atoms with E-state index in [0.717, 1.165) is 25.2 Å². The van der Waals surface area contributed by atoms with Crippen molar-refractivity contribution in [1.82, 2.24) is 4.90 Å². The normalized spacial score (nSPS) is 22.7. The summed E-state index contributed by atoms with van der Waals surface area (Å²) in [6.45, 7) is 4.98. The molecule has 0 aliphatic carbocycles. The summed E-state index contributed by atoms with van der Waals surface area (Å²) in [7, 11) is 0. The van der Waals surface area contributed by atoms with Crippen LogP contribution in [0, 0.1) is 0 Å². The van der Waals surface area contributed by atoms with Crippen molar-refractivity contribution < 1.29 is 13.5 Å². The lowest BCUT2D eigenvalue weighted by molar-refractivity contribution is -0.0403. The average Bonchev–Trinajstić information content (AvgIpc) is 2.39. The van der Waals surface area contributed by atoms with E-state index in [9.17, 15) is 8.78 Å². The Labute approximate surface area is 112 Å². The van der Waals surface area contributed by atoms with Gasteiger partial charge in [-0.1, -0.05) is 24.3 Å². The number of alkyl halides is 2. The van der Waals surface area contributed by atoms with E-state index in [1.54, 1.807) is 12.1 Å². The molecule has 0 saturated carbocycles. The Bertz CT molecular complexity index is 395. The lowest BCUT2D eigenvalue weighted by Gasteiger charge is -2.34. The van der Waals surface area contributed by atoms with Gasteiger partial charge in [0.2, 0.25) is 0 Å². The fourth-order valence-corrected chi connectivity index (χ4v) is 2.22. The Balaban J connectivity index is 1.93. The monoisotopic (exact) mass is 270 g/mol. The van der Waals surface area contributed by atoms with Crippen LogP contribution in [-0.4, -0.2) is 36.7 Å². The van der Waals surface area contributed by atoms with Gasteiger partial charge in [-0.25, -0.2) is 8.78 Å². The number of rotatable bonds is 4.